The summed E-state index contributed by atoms with van der Waals surface area (Å²) >= 11 is 3.89. The SMILES string of the molecule is C.CC(=O)CCSC(C)C.CCCCSC(C)C. The van der Waals surface area contributed by atoms with Crippen molar-refractivity contribution < 1.29 is 4.79 Å². The number of unbranched alkanes of at least 4 members (excludes halogenated alkanes) is 1. The molecule has 0 rings (SSSR count). The van der Waals surface area contributed by atoms with Crippen molar-refractivity contribution in [1.29, 1.82) is 0 Å². The molecule has 0 saturated heterocycles. The zero-order valence-electron chi connectivity index (χ0n) is 12.4. The molecular weight excluding hydrogens is 260 g/mol. The Hall–Kier alpha value is 0.370. The lowest BCUT2D eigenvalue weighted by molar-refractivity contribution is -0.116. The number of carbonyl (C=O) groups excluding carboxylic acids is 1. The van der Waals surface area contributed by atoms with Crippen molar-refractivity contribution in [3.05, 3.63) is 0 Å². The molecule has 0 N–H and O–H groups in total. The fourth-order valence-electron chi connectivity index (χ4n) is 0.902. The van der Waals surface area contributed by atoms with Crippen LogP contribution in [0, 0.1) is 0 Å². The van der Waals surface area contributed by atoms with E-state index in [2.05, 4.69) is 46.4 Å². The van der Waals surface area contributed by atoms with Crippen LogP contribution in [0.15, 0.2) is 0 Å². The molecule has 0 aliphatic rings. The zero-order chi connectivity index (χ0) is 13.7. The molecule has 0 spiro atoms. The molecule has 0 aliphatic heterocycles. The Morgan fingerprint density at radius 2 is 1.44 bits per heavy atom. The van der Waals surface area contributed by atoms with Gasteiger partial charge in [-0.15, -0.1) is 0 Å². The predicted octanol–water partition coefficient (Wildman–Crippen LogP) is 5.67. The monoisotopic (exact) mass is 294 g/mol. The fraction of sp³-hybridized carbons (Fsp3) is 0.933. The predicted molar refractivity (Wildman–Crippen MR) is 92.1 cm³/mol. The summed E-state index contributed by atoms with van der Waals surface area (Å²) in [4.78, 5) is 10.4. The van der Waals surface area contributed by atoms with Crippen LogP contribution in [0.25, 0.3) is 0 Å². The number of carbonyl (C=O) groups is 1. The third-order valence-corrected chi connectivity index (χ3v) is 4.15. The lowest BCUT2D eigenvalue weighted by Crippen LogP contribution is -1.95. The number of Topliss-reactive ketones (excluding diaryl/α,β-unsaturated/α-hetero) is 1. The van der Waals surface area contributed by atoms with Gasteiger partial charge in [-0.3, -0.25) is 4.79 Å². The molecule has 3 heteroatoms. The maximum Gasteiger partial charge on any atom is 0.130 e. The van der Waals surface area contributed by atoms with Crippen molar-refractivity contribution in [3.8, 4) is 0 Å². The summed E-state index contributed by atoms with van der Waals surface area (Å²) < 4.78 is 0. The molecule has 0 radical (unpaired) electrons. The van der Waals surface area contributed by atoms with Gasteiger partial charge in [0.25, 0.3) is 0 Å². The summed E-state index contributed by atoms with van der Waals surface area (Å²) in [6.07, 6.45) is 3.44. The molecule has 0 aromatic rings. The maximum absolute atomic E-state index is 10.4. The Balaban J connectivity index is -0.000000238. The van der Waals surface area contributed by atoms with E-state index >= 15 is 0 Å². The second kappa shape index (κ2) is 17.4. The van der Waals surface area contributed by atoms with E-state index in [0.717, 1.165) is 17.4 Å². The molecule has 0 aromatic heterocycles. The molecule has 0 fully saturated rings. The Kier molecular flexibility index (Phi) is 22.6. The van der Waals surface area contributed by atoms with Gasteiger partial charge in [0.15, 0.2) is 0 Å². The number of thioether (sulfide) groups is 2. The van der Waals surface area contributed by atoms with Crippen molar-refractivity contribution in [1.82, 2.24) is 0 Å². The molecule has 0 atom stereocenters. The van der Waals surface area contributed by atoms with Gasteiger partial charge in [0.2, 0.25) is 0 Å². The van der Waals surface area contributed by atoms with Crippen molar-refractivity contribution in [2.24, 2.45) is 0 Å². The summed E-state index contributed by atoms with van der Waals surface area (Å²) in [5, 5.41) is 1.48. The van der Waals surface area contributed by atoms with Gasteiger partial charge in [-0.1, -0.05) is 48.5 Å². The van der Waals surface area contributed by atoms with E-state index in [-0.39, 0.29) is 7.43 Å². The first kappa shape index (κ1) is 23.5. The van der Waals surface area contributed by atoms with E-state index in [1.165, 1.54) is 18.6 Å². The van der Waals surface area contributed by atoms with E-state index in [9.17, 15) is 4.79 Å². The molecule has 0 unspecified atom stereocenters. The molecule has 0 heterocycles. The van der Waals surface area contributed by atoms with E-state index < -0.39 is 0 Å². The quantitative estimate of drug-likeness (QED) is 0.537. The first-order valence-electron chi connectivity index (χ1n) is 6.62. The lowest BCUT2D eigenvalue weighted by atomic mass is 10.4. The van der Waals surface area contributed by atoms with Gasteiger partial charge >= 0.3 is 0 Å². The Morgan fingerprint density at radius 1 is 1.00 bits per heavy atom. The highest BCUT2D eigenvalue weighted by Crippen LogP contribution is 2.10. The van der Waals surface area contributed by atoms with Crippen LogP contribution in [0.5, 0.6) is 0 Å². The Bertz CT molecular complexity index is 168. The topological polar surface area (TPSA) is 17.1 Å². The zero-order valence-corrected chi connectivity index (χ0v) is 14.0. The average Bonchev–Trinajstić information content (AvgIpc) is 2.17. The van der Waals surface area contributed by atoms with Crippen LogP contribution in [0.2, 0.25) is 0 Å². The molecule has 0 bridgehead atoms. The molecule has 0 aromatic carbocycles. The highest BCUT2D eigenvalue weighted by molar-refractivity contribution is 8.00. The first-order valence-corrected chi connectivity index (χ1v) is 8.72. The fourth-order valence-corrected chi connectivity index (χ4v) is 2.71. The molecule has 1 nitrogen and oxygen atoms in total. The Labute approximate surface area is 124 Å². The average molecular weight is 295 g/mol. The third-order valence-electron chi connectivity index (χ3n) is 1.85. The molecule has 112 valence electrons. The van der Waals surface area contributed by atoms with E-state index in [0.29, 0.717) is 11.0 Å². The number of hydrogen-bond acceptors (Lipinski definition) is 3. The highest BCUT2D eigenvalue weighted by atomic mass is 32.2. The summed E-state index contributed by atoms with van der Waals surface area (Å²) in [5.74, 6) is 2.62. The van der Waals surface area contributed by atoms with Crippen LogP contribution < -0.4 is 0 Å². The van der Waals surface area contributed by atoms with Gasteiger partial charge in [-0.05, 0) is 29.6 Å². The Morgan fingerprint density at radius 3 is 1.78 bits per heavy atom. The van der Waals surface area contributed by atoms with Crippen LogP contribution in [-0.4, -0.2) is 27.8 Å². The summed E-state index contributed by atoms with van der Waals surface area (Å²) in [7, 11) is 0. The largest absolute Gasteiger partial charge is 0.300 e. The van der Waals surface area contributed by atoms with Gasteiger partial charge in [0.05, 0.1) is 0 Å². The van der Waals surface area contributed by atoms with Gasteiger partial charge < -0.3 is 0 Å². The maximum atomic E-state index is 10.4. The van der Waals surface area contributed by atoms with Crippen LogP contribution in [0.1, 0.15) is 68.2 Å². The van der Waals surface area contributed by atoms with E-state index in [1.54, 1.807) is 6.92 Å². The molecule has 0 aliphatic carbocycles. The van der Waals surface area contributed by atoms with E-state index in [1.807, 2.05) is 11.8 Å². The summed E-state index contributed by atoms with van der Waals surface area (Å²) in [6, 6.07) is 0. The van der Waals surface area contributed by atoms with Crippen molar-refractivity contribution in [2.75, 3.05) is 11.5 Å². The molecule has 18 heavy (non-hydrogen) atoms. The second-order valence-electron chi connectivity index (χ2n) is 4.64. The van der Waals surface area contributed by atoms with Gasteiger partial charge in [-0.2, -0.15) is 23.5 Å². The number of ketones is 1. The van der Waals surface area contributed by atoms with Gasteiger partial charge in [0.1, 0.15) is 5.78 Å². The minimum absolute atomic E-state index is 0. The molecule has 0 saturated carbocycles. The van der Waals surface area contributed by atoms with Crippen LogP contribution in [-0.2, 0) is 4.79 Å². The summed E-state index contributed by atoms with van der Waals surface area (Å²) in [5.41, 5.74) is 0. The third kappa shape index (κ3) is 29.9. The smallest absolute Gasteiger partial charge is 0.130 e. The second-order valence-corrected chi connectivity index (χ2v) is 8.01. The van der Waals surface area contributed by atoms with Gasteiger partial charge in [-0.25, -0.2) is 0 Å². The van der Waals surface area contributed by atoms with Crippen molar-refractivity contribution in [3.63, 3.8) is 0 Å². The minimum Gasteiger partial charge on any atom is -0.300 e. The first-order chi connectivity index (χ1) is 7.90. The standard InChI is InChI=1S/C7H14OS.C7H16S.CH4/c1-6(2)9-5-4-7(3)8;1-4-5-6-8-7(2)3;/h6H,4-5H2,1-3H3;7H,4-6H2,1-3H3;1H4. The molecule has 0 amide bonds. The molecular formula is C15H34OS2. The highest BCUT2D eigenvalue weighted by Gasteiger charge is 1.95. The number of rotatable bonds is 8. The van der Waals surface area contributed by atoms with Crippen LogP contribution >= 0.6 is 23.5 Å². The van der Waals surface area contributed by atoms with E-state index in [4.69, 9.17) is 0 Å². The van der Waals surface area contributed by atoms with Gasteiger partial charge in [0, 0.05) is 12.2 Å². The normalized spacial score (nSPS) is 9.78. The van der Waals surface area contributed by atoms with Crippen molar-refractivity contribution in [2.45, 2.75) is 78.7 Å². The van der Waals surface area contributed by atoms with Crippen LogP contribution in [0.4, 0.5) is 0 Å². The lowest BCUT2D eigenvalue weighted by Gasteiger charge is -2.00. The van der Waals surface area contributed by atoms with Crippen LogP contribution in [0.3, 0.4) is 0 Å². The number of hydrogen-bond donors (Lipinski definition) is 0. The van der Waals surface area contributed by atoms with Crippen molar-refractivity contribution >= 4 is 29.3 Å². The minimum atomic E-state index is 0. The summed E-state index contributed by atoms with van der Waals surface area (Å²) in [6.45, 7) is 12.7.